The lowest BCUT2D eigenvalue weighted by atomic mass is 9.97. The van der Waals surface area contributed by atoms with Crippen molar-refractivity contribution in [2.75, 3.05) is 6.26 Å². The van der Waals surface area contributed by atoms with Crippen LogP contribution in [-0.2, 0) is 0 Å². The van der Waals surface area contributed by atoms with Crippen LogP contribution >= 0.6 is 11.8 Å². The van der Waals surface area contributed by atoms with Crippen molar-refractivity contribution in [2.24, 2.45) is 0 Å². The molecule has 0 amide bonds. The highest BCUT2D eigenvalue weighted by Crippen LogP contribution is 2.20. The topological polar surface area (TPSA) is 17.1 Å². The Labute approximate surface area is 181 Å². The van der Waals surface area contributed by atoms with E-state index in [1.54, 1.807) is 18.7 Å². The lowest BCUT2D eigenvalue weighted by molar-refractivity contribution is 0.101. The van der Waals surface area contributed by atoms with Crippen molar-refractivity contribution >= 4 is 17.5 Å². The minimum Gasteiger partial charge on any atom is -0.294 e. The first-order chi connectivity index (χ1) is 13.6. The summed E-state index contributed by atoms with van der Waals surface area (Å²) in [6.45, 7) is 14.0. The molecule has 0 fully saturated rings. The predicted molar refractivity (Wildman–Crippen MR) is 130 cm³/mol. The number of aryl methyl sites for hydroxylation is 6. The van der Waals surface area contributed by atoms with Crippen LogP contribution in [0.2, 0.25) is 0 Å². The monoisotopic (exact) mass is 406 g/mol. The summed E-state index contributed by atoms with van der Waals surface area (Å²) in [5.41, 5.74) is 8.31. The van der Waals surface area contributed by atoms with Crippen LogP contribution in [-0.4, -0.2) is 12.0 Å². The maximum atomic E-state index is 11.2. The van der Waals surface area contributed by atoms with E-state index in [4.69, 9.17) is 0 Å². The third-order valence-electron chi connectivity index (χ3n) is 4.52. The van der Waals surface area contributed by atoms with Crippen LogP contribution in [0.25, 0.3) is 0 Å². The van der Waals surface area contributed by atoms with Crippen molar-refractivity contribution in [1.29, 1.82) is 0 Å². The SMILES string of the molecule is CC(=O)c1c(C)cc(C)cc1C.CSc1ccc(C)cc1C.Cc1ccccc1. The summed E-state index contributed by atoms with van der Waals surface area (Å²) in [6, 6.07) is 20.9. The minimum atomic E-state index is 0.157. The van der Waals surface area contributed by atoms with E-state index < -0.39 is 0 Å². The molecule has 0 bridgehead atoms. The molecule has 0 unspecified atom stereocenters. The molecule has 0 aliphatic heterocycles. The Bertz CT molecular complexity index is 904. The van der Waals surface area contributed by atoms with Gasteiger partial charge in [0, 0.05) is 10.5 Å². The summed E-state index contributed by atoms with van der Waals surface area (Å²) in [7, 11) is 0. The maximum Gasteiger partial charge on any atom is 0.160 e. The van der Waals surface area contributed by atoms with Gasteiger partial charge < -0.3 is 0 Å². The second kappa shape index (κ2) is 12.3. The van der Waals surface area contributed by atoms with E-state index in [0.29, 0.717) is 0 Å². The first-order valence-electron chi connectivity index (χ1n) is 9.87. The van der Waals surface area contributed by atoms with Crippen molar-refractivity contribution in [3.63, 3.8) is 0 Å². The van der Waals surface area contributed by atoms with Gasteiger partial charge in [0.05, 0.1) is 0 Å². The Morgan fingerprint density at radius 3 is 1.55 bits per heavy atom. The fourth-order valence-electron chi connectivity index (χ4n) is 3.30. The standard InChI is InChI=1S/C11H14O.C9H12S.C7H8/c1-7-5-8(2)11(10(4)12)9(3)6-7;1-7-4-5-9(10-3)8(2)6-7;1-7-5-3-2-4-6-7/h5-6H,1-4H3;4-6H,1-3H3;2-6H,1H3. The molecule has 0 aliphatic carbocycles. The van der Waals surface area contributed by atoms with Crippen molar-refractivity contribution in [3.05, 3.63) is 99.6 Å². The average Bonchev–Trinajstić information content (AvgIpc) is 2.62. The van der Waals surface area contributed by atoms with Crippen LogP contribution in [0.1, 0.15) is 50.7 Å². The highest BCUT2D eigenvalue weighted by molar-refractivity contribution is 7.98. The first-order valence-corrected chi connectivity index (χ1v) is 11.1. The van der Waals surface area contributed by atoms with Gasteiger partial charge in [0.15, 0.2) is 5.78 Å². The first kappa shape index (κ1) is 24.7. The molecular weight excluding hydrogens is 372 g/mol. The van der Waals surface area contributed by atoms with E-state index in [1.165, 1.54) is 27.1 Å². The molecule has 0 aliphatic rings. The van der Waals surface area contributed by atoms with Crippen LogP contribution in [0.4, 0.5) is 0 Å². The van der Waals surface area contributed by atoms with Crippen molar-refractivity contribution in [2.45, 2.75) is 53.4 Å². The van der Waals surface area contributed by atoms with Crippen molar-refractivity contribution < 1.29 is 4.79 Å². The smallest absolute Gasteiger partial charge is 0.160 e. The van der Waals surface area contributed by atoms with Gasteiger partial charge in [0.25, 0.3) is 0 Å². The molecule has 154 valence electrons. The quantitative estimate of drug-likeness (QED) is 0.318. The highest BCUT2D eigenvalue weighted by Gasteiger charge is 2.07. The fraction of sp³-hybridized carbons (Fsp3) is 0.296. The molecule has 0 saturated heterocycles. The lowest BCUT2D eigenvalue weighted by Gasteiger charge is -2.07. The largest absolute Gasteiger partial charge is 0.294 e. The Morgan fingerprint density at radius 2 is 1.17 bits per heavy atom. The second-order valence-electron chi connectivity index (χ2n) is 7.46. The summed E-state index contributed by atoms with van der Waals surface area (Å²) in [6.07, 6.45) is 2.11. The lowest BCUT2D eigenvalue weighted by Crippen LogP contribution is -2.00. The van der Waals surface area contributed by atoms with Gasteiger partial charge in [-0.05, 0) is 77.5 Å². The van der Waals surface area contributed by atoms with Crippen LogP contribution in [0.3, 0.4) is 0 Å². The van der Waals surface area contributed by atoms with Gasteiger partial charge in [-0.1, -0.05) is 71.3 Å². The molecule has 29 heavy (non-hydrogen) atoms. The summed E-state index contributed by atoms with van der Waals surface area (Å²) < 4.78 is 0. The van der Waals surface area contributed by atoms with Gasteiger partial charge in [0.2, 0.25) is 0 Å². The van der Waals surface area contributed by atoms with Gasteiger partial charge in [-0.3, -0.25) is 4.79 Å². The molecule has 0 aromatic heterocycles. The number of hydrogen-bond acceptors (Lipinski definition) is 2. The zero-order valence-electron chi connectivity index (χ0n) is 19.1. The molecule has 2 heteroatoms. The molecule has 0 saturated carbocycles. The van der Waals surface area contributed by atoms with Gasteiger partial charge >= 0.3 is 0 Å². The number of Topliss-reactive ketones (excluding diaryl/α,β-unsaturated/α-hetero) is 1. The zero-order chi connectivity index (χ0) is 22.0. The minimum absolute atomic E-state index is 0.157. The molecule has 0 spiro atoms. The third-order valence-corrected chi connectivity index (χ3v) is 5.42. The summed E-state index contributed by atoms with van der Waals surface area (Å²) in [5.74, 6) is 0.157. The summed E-state index contributed by atoms with van der Waals surface area (Å²) in [4.78, 5) is 12.6. The Hall–Kier alpha value is -2.32. The van der Waals surface area contributed by atoms with Crippen molar-refractivity contribution in [3.8, 4) is 0 Å². The number of hydrogen-bond donors (Lipinski definition) is 0. The number of ketones is 1. The van der Waals surface area contributed by atoms with Gasteiger partial charge in [-0.15, -0.1) is 11.8 Å². The van der Waals surface area contributed by atoms with E-state index in [2.05, 4.69) is 57.4 Å². The highest BCUT2D eigenvalue weighted by atomic mass is 32.2. The molecule has 0 radical (unpaired) electrons. The van der Waals surface area contributed by atoms with Crippen molar-refractivity contribution in [1.82, 2.24) is 0 Å². The Balaban J connectivity index is 0.000000225. The molecule has 0 N–H and O–H groups in total. The second-order valence-corrected chi connectivity index (χ2v) is 8.31. The number of rotatable bonds is 2. The number of thioether (sulfide) groups is 1. The third kappa shape index (κ3) is 8.70. The van der Waals surface area contributed by atoms with Crippen LogP contribution < -0.4 is 0 Å². The normalized spacial score (nSPS) is 9.66. The fourth-order valence-corrected chi connectivity index (χ4v) is 3.88. The van der Waals surface area contributed by atoms with Crippen LogP contribution in [0, 0.1) is 41.5 Å². The number of carbonyl (C=O) groups excluding carboxylic acids is 1. The molecule has 3 aromatic carbocycles. The molecule has 0 atom stereocenters. The summed E-state index contributed by atoms with van der Waals surface area (Å²) in [5, 5.41) is 0. The van der Waals surface area contributed by atoms with Gasteiger partial charge in [-0.2, -0.15) is 0 Å². The summed E-state index contributed by atoms with van der Waals surface area (Å²) >= 11 is 1.80. The predicted octanol–water partition coefficient (Wildman–Crippen LogP) is 7.83. The van der Waals surface area contributed by atoms with E-state index in [0.717, 1.165) is 16.7 Å². The molecular formula is C27H34OS. The van der Waals surface area contributed by atoms with E-state index in [1.807, 2.05) is 51.1 Å². The van der Waals surface area contributed by atoms with Gasteiger partial charge in [0.1, 0.15) is 0 Å². The Kier molecular flexibility index (Phi) is 10.5. The van der Waals surface area contributed by atoms with E-state index in [-0.39, 0.29) is 5.78 Å². The van der Waals surface area contributed by atoms with E-state index in [9.17, 15) is 4.79 Å². The molecule has 3 rings (SSSR count). The molecule has 0 heterocycles. The van der Waals surface area contributed by atoms with Crippen LogP contribution in [0.15, 0.2) is 65.6 Å². The average molecular weight is 407 g/mol. The van der Waals surface area contributed by atoms with Gasteiger partial charge in [-0.25, -0.2) is 0 Å². The molecule has 3 aromatic rings. The maximum absolute atomic E-state index is 11.2. The molecule has 1 nitrogen and oxygen atoms in total. The van der Waals surface area contributed by atoms with Crippen LogP contribution in [0.5, 0.6) is 0 Å². The number of benzene rings is 3. The zero-order valence-corrected chi connectivity index (χ0v) is 19.9. The van der Waals surface area contributed by atoms with E-state index >= 15 is 0 Å². The Morgan fingerprint density at radius 1 is 0.655 bits per heavy atom. The number of carbonyl (C=O) groups is 1.